The molecule has 33 heavy (non-hydrogen) atoms. The predicted molar refractivity (Wildman–Crippen MR) is 133 cm³/mol. The second-order valence-corrected chi connectivity index (χ2v) is 7.47. The van der Waals surface area contributed by atoms with Crippen molar-refractivity contribution in [3.05, 3.63) is 102 Å². The minimum Gasteiger partial charge on any atom is -0.494 e. The lowest BCUT2D eigenvalue weighted by Crippen LogP contribution is -2.07. The molecule has 168 valence electrons. The molecule has 0 saturated heterocycles. The number of hydrogen-bond donors (Lipinski definition) is 0. The Balaban J connectivity index is 1.60. The second kappa shape index (κ2) is 11.5. The summed E-state index contributed by atoms with van der Waals surface area (Å²) in [5.74, 6) is 0.392. The highest BCUT2D eigenvalue weighted by atomic mass is 16.5. The Kier molecular flexibility index (Phi) is 8.19. The van der Waals surface area contributed by atoms with Crippen molar-refractivity contribution in [2.75, 3.05) is 25.6 Å². The van der Waals surface area contributed by atoms with Gasteiger partial charge in [0.1, 0.15) is 11.5 Å². The Morgan fingerprint density at radius 3 is 2.09 bits per heavy atom. The van der Waals surface area contributed by atoms with Gasteiger partial charge in [-0.05, 0) is 66.6 Å². The van der Waals surface area contributed by atoms with Gasteiger partial charge in [0.2, 0.25) is 0 Å². The molecule has 0 amide bonds. The fraction of sp³-hybridized carbons (Fsp3) is 0.143. The lowest BCUT2D eigenvalue weighted by molar-refractivity contribution is -0.128. The van der Waals surface area contributed by atoms with Gasteiger partial charge in [-0.1, -0.05) is 42.5 Å². The first-order valence-corrected chi connectivity index (χ1v) is 10.7. The van der Waals surface area contributed by atoms with Crippen molar-refractivity contribution in [3.8, 4) is 11.5 Å². The van der Waals surface area contributed by atoms with E-state index >= 15 is 0 Å². The summed E-state index contributed by atoms with van der Waals surface area (Å²) < 4.78 is 10.8. The highest BCUT2D eigenvalue weighted by Gasteiger charge is 2.06. The van der Waals surface area contributed by atoms with E-state index in [9.17, 15) is 9.59 Å². The van der Waals surface area contributed by atoms with Crippen molar-refractivity contribution in [2.45, 2.75) is 6.92 Å². The van der Waals surface area contributed by atoms with Gasteiger partial charge in [-0.25, -0.2) is 4.79 Å². The molecule has 3 aromatic carbocycles. The van der Waals surface area contributed by atoms with Crippen LogP contribution in [0, 0.1) is 0 Å². The summed E-state index contributed by atoms with van der Waals surface area (Å²) in [6.45, 7) is 2.52. The average molecular weight is 442 g/mol. The number of anilines is 1. The molecule has 0 heterocycles. The molecule has 0 aliphatic rings. The second-order valence-electron chi connectivity index (χ2n) is 7.47. The Morgan fingerprint density at radius 2 is 1.45 bits per heavy atom. The number of hydrogen-bond acceptors (Lipinski definition) is 5. The normalized spacial score (nSPS) is 11.0. The smallest absolute Gasteiger partial charge is 0.336 e. The topological polar surface area (TPSA) is 55.8 Å². The summed E-state index contributed by atoms with van der Waals surface area (Å²) in [4.78, 5) is 26.8. The first-order valence-electron chi connectivity index (χ1n) is 10.7. The van der Waals surface area contributed by atoms with Gasteiger partial charge in [-0.2, -0.15) is 0 Å². The van der Waals surface area contributed by atoms with Crippen molar-refractivity contribution in [1.29, 1.82) is 0 Å². The Hall–Kier alpha value is -4.12. The molecular weight excluding hydrogens is 414 g/mol. The number of allylic oxidation sites excluding steroid dienone is 1. The molecule has 3 rings (SSSR count). The molecule has 5 nitrogen and oxygen atoms in total. The van der Waals surface area contributed by atoms with Crippen LogP contribution in [0.25, 0.3) is 12.2 Å². The van der Waals surface area contributed by atoms with Crippen LogP contribution < -0.4 is 14.4 Å². The van der Waals surface area contributed by atoms with Crippen LogP contribution in [0.2, 0.25) is 0 Å². The van der Waals surface area contributed by atoms with Gasteiger partial charge in [-0.15, -0.1) is 0 Å². The first kappa shape index (κ1) is 23.5. The lowest BCUT2D eigenvalue weighted by Gasteiger charge is -2.11. The molecule has 0 unspecified atom stereocenters. The van der Waals surface area contributed by atoms with Crippen LogP contribution in [0.4, 0.5) is 5.69 Å². The zero-order valence-electron chi connectivity index (χ0n) is 19.0. The quantitative estimate of drug-likeness (QED) is 0.185. The van der Waals surface area contributed by atoms with Crippen LogP contribution >= 0.6 is 0 Å². The number of rotatable bonds is 9. The van der Waals surface area contributed by atoms with E-state index in [-0.39, 0.29) is 5.78 Å². The Labute approximate surface area is 194 Å². The number of ether oxygens (including phenoxy) is 2. The fourth-order valence-electron chi connectivity index (χ4n) is 3.02. The number of nitrogens with zero attached hydrogens (tertiary/aromatic N) is 1. The van der Waals surface area contributed by atoms with Crippen LogP contribution in [-0.2, 0) is 4.79 Å². The molecule has 0 N–H and O–H groups in total. The van der Waals surface area contributed by atoms with Gasteiger partial charge >= 0.3 is 5.97 Å². The van der Waals surface area contributed by atoms with Crippen LogP contribution in [0.1, 0.15) is 28.4 Å². The summed E-state index contributed by atoms with van der Waals surface area (Å²) in [5, 5.41) is 0. The van der Waals surface area contributed by atoms with Gasteiger partial charge in [0.15, 0.2) is 5.78 Å². The summed E-state index contributed by atoms with van der Waals surface area (Å²) in [5.41, 5.74) is 3.31. The minimum atomic E-state index is -0.523. The average Bonchev–Trinajstić information content (AvgIpc) is 2.82. The zero-order chi connectivity index (χ0) is 23.6. The predicted octanol–water partition coefficient (Wildman–Crippen LogP) is 5.67. The van der Waals surface area contributed by atoms with E-state index in [1.165, 1.54) is 12.2 Å². The standard InChI is InChI=1S/C28H27NO4/c1-4-32-25-16-10-22(11-17-25)13-19-28(31)33-26-7-5-6-23(20-26)27(30)18-12-21-8-14-24(15-9-21)29(2)3/h5-20H,4H2,1-3H3/b18-12+,19-13+. The molecule has 0 fully saturated rings. The van der Waals surface area contributed by atoms with Crippen molar-refractivity contribution in [1.82, 2.24) is 0 Å². The van der Waals surface area contributed by atoms with E-state index in [1.807, 2.05) is 74.4 Å². The van der Waals surface area contributed by atoms with Gasteiger partial charge in [0, 0.05) is 31.4 Å². The Bertz CT molecular complexity index is 1140. The minimum absolute atomic E-state index is 0.172. The molecule has 0 aliphatic heterocycles. The number of ketones is 1. The van der Waals surface area contributed by atoms with E-state index in [4.69, 9.17) is 9.47 Å². The van der Waals surface area contributed by atoms with Crippen LogP contribution in [-0.4, -0.2) is 32.5 Å². The van der Waals surface area contributed by atoms with Crippen molar-refractivity contribution < 1.29 is 19.1 Å². The van der Waals surface area contributed by atoms with Crippen LogP contribution in [0.5, 0.6) is 11.5 Å². The molecule has 0 atom stereocenters. The largest absolute Gasteiger partial charge is 0.494 e. The monoisotopic (exact) mass is 441 g/mol. The van der Waals surface area contributed by atoms with E-state index in [0.717, 1.165) is 22.6 Å². The molecule has 0 spiro atoms. The summed E-state index contributed by atoms with van der Waals surface area (Å²) in [7, 11) is 3.95. The first-order chi connectivity index (χ1) is 15.9. The van der Waals surface area contributed by atoms with Crippen molar-refractivity contribution in [3.63, 3.8) is 0 Å². The van der Waals surface area contributed by atoms with Gasteiger partial charge in [0.05, 0.1) is 6.61 Å². The van der Waals surface area contributed by atoms with Crippen LogP contribution in [0.15, 0.2) is 84.9 Å². The maximum Gasteiger partial charge on any atom is 0.336 e. The van der Waals surface area contributed by atoms with E-state index in [0.29, 0.717) is 17.9 Å². The molecule has 5 heteroatoms. The molecule has 0 aromatic heterocycles. The number of esters is 1. The molecular formula is C28H27NO4. The third-order valence-corrected chi connectivity index (χ3v) is 4.78. The van der Waals surface area contributed by atoms with Crippen LogP contribution in [0.3, 0.4) is 0 Å². The SMILES string of the molecule is CCOc1ccc(/C=C/C(=O)Oc2cccc(C(=O)/C=C/c3ccc(N(C)C)cc3)c2)cc1. The molecule has 0 radical (unpaired) electrons. The third-order valence-electron chi connectivity index (χ3n) is 4.78. The highest BCUT2D eigenvalue weighted by molar-refractivity contribution is 6.07. The van der Waals surface area contributed by atoms with E-state index in [2.05, 4.69) is 0 Å². The van der Waals surface area contributed by atoms with Gasteiger partial charge in [0.25, 0.3) is 0 Å². The van der Waals surface area contributed by atoms with Gasteiger partial charge < -0.3 is 14.4 Å². The third kappa shape index (κ3) is 7.21. The highest BCUT2D eigenvalue weighted by Crippen LogP contribution is 2.17. The summed E-state index contributed by atoms with van der Waals surface area (Å²) in [6.07, 6.45) is 6.29. The fourth-order valence-corrected chi connectivity index (χ4v) is 3.02. The van der Waals surface area contributed by atoms with E-state index in [1.54, 1.807) is 36.4 Å². The maximum absolute atomic E-state index is 12.6. The number of benzene rings is 3. The summed E-state index contributed by atoms with van der Waals surface area (Å²) in [6, 6.07) is 21.9. The molecule has 3 aromatic rings. The zero-order valence-corrected chi connectivity index (χ0v) is 19.0. The van der Waals surface area contributed by atoms with Crippen molar-refractivity contribution >= 4 is 29.6 Å². The number of carbonyl (C=O) groups is 2. The molecule has 0 bridgehead atoms. The lowest BCUT2D eigenvalue weighted by atomic mass is 10.1. The molecule has 0 saturated carbocycles. The number of carbonyl (C=O) groups excluding carboxylic acids is 2. The van der Waals surface area contributed by atoms with Crippen molar-refractivity contribution in [2.24, 2.45) is 0 Å². The molecule has 0 aliphatic carbocycles. The maximum atomic E-state index is 12.6. The Morgan fingerprint density at radius 1 is 0.818 bits per heavy atom. The summed E-state index contributed by atoms with van der Waals surface area (Å²) >= 11 is 0. The van der Waals surface area contributed by atoms with Gasteiger partial charge in [-0.3, -0.25) is 4.79 Å². The van der Waals surface area contributed by atoms with E-state index < -0.39 is 5.97 Å².